The van der Waals surface area contributed by atoms with Crippen LogP contribution in [-0.4, -0.2) is 9.55 Å². The molecule has 0 radical (unpaired) electrons. The summed E-state index contributed by atoms with van der Waals surface area (Å²) in [7, 11) is 1.99. The van der Waals surface area contributed by atoms with E-state index in [2.05, 4.69) is 18.1 Å². The zero-order valence-electron chi connectivity index (χ0n) is 7.88. The number of aromatic nitrogens is 2. The molecule has 0 aliphatic carbocycles. The third-order valence-electron chi connectivity index (χ3n) is 1.99. The Balaban J connectivity index is 2.62. The Labute approximate surface area is 73.6 Å². The molecule has 3 nitrogen and oxygen atoms in total. The fraction of sp³-hybridized carbons (Fsp3) is 0.667. The van der Waals surface area contributed by atoms with Crippen LogP contribution in [0.5, 0.6) is 0 Å². The predicted octanol–water partition coefficient (Wildman–Crippen LogP) is 1.22. The highest BCUT2D eigenvalue weighted by molar-refractivity contribution is 5.03. The molecule has 0 amide bonds. The zero-order chi connectivity index (χ0) is 8.97. The lowest BCUT2D eigenvalue weighted by atomic mass is 10.2. The molecule has 0 saturated carbocycles. The Morgan fingerprint density at radius 1 is 1.58 bits per heavy atom. The van der Waals surface area contributed by atoms with Gasteiger partial charge in [0.25, 0.3) is 0 Å². The number of hydrogen-bond acceptors (Lipinski definition) is 2. The van der Waals surface area contributed by atoms with Crippen LogP contribution in [0.15, 0.2) is 6.20 Å². The summed E-state index contributed by atoms with van der Waals surface area (Å²) < 4.78 is 2.00. The van der Waals surface area contributed by atoms with Gasteiger partial charge >= 0.3 is 0 Å². The van der Waals surface area contributed by atoms with Crippen LogP contribution in [-0.2, 0) is 20.0 Å². The maximum absolute atomic E-state index is 5.51. The van der Waals surface area contributed by atoms with E-state index in [1.54, 1.807) is 0 Å². The minimum atomic E-state index is 0.530. The first kappa shape index (κ1) is 9.26. The molecule has 2 N–H and O–H groups in total. The minimum Gasteiger partial charge on any atom is -0.337 e. The van der Waals surface area contributed by atoms with Gasteiger partial charge in [0.2, 0.25) is 0 Å². The molecule has 0 unspecified atom stereocenters. The van der Waals surface area contributed by atoms with E-state index in [-0.39, 0.29) is 0 Å². The van der Waals surface area contributed by atoms with E-state index in [1.807, 2.05) is 11.6 Å². The van der Waals surface area contributed by atoms with Crippen molar-refractivity contribution in [3.8, 4) is 0 Å². The highest BCUT2D eigenvalue weighted by Crippen LogP contribution is 2.04. The van der Waals surface area contributed by atoms with E-state index in [1.165, 1.54) is 18.5 Å². The number of unbranched alkanes of at least 4 members (excludes halogenated alkanes) is 1. The molecule has 3 heteroatoms. The molecule has 0 fully saturated rings. The lowest BCUT2D eigenvalue weighted by molar-refractivity contribution is 0.775. The van der Waals surface area contributed by atoms with Crippen molar-refractivity contribution in [2.75, 3.05) is 0 Å². The fourth-order valence-corrected chi connectivity index (χ4v) is 1.24. The van der Waals surface area contributed by atoms with Gasteiger partial charge in [0.15, 0.2) is 0 Å². The van der Waals surface area contributed by atoms with Gasteiger partial charge in [-0.25, -0.2) is 4.98 Å². The molecule has 68 valence electrons. The van der Waals surface area contributed by atoms with Crippen molar-refractivity contribution in [1.82, 2.24) is 9.55 Å². The van der Waals surface area contributed by atoms with E-state index in [4.69, 9.17) is 5.73 Å². The maximum atomic E-state index is 5.51. The Morgan fingerprint density at radius 3 is 2.83 bits per heavy atom. The third kappa shape index (κ3) is 2.08. The lowest BCUT2D eigenvalue weighted by Gasteiger charge is -1.92. The molecule has 1 heterocycles. The topological polar surface area (TPSA) is 43.8 Å². The van der Waals surface area contributed by atoms with Gasteiger partial charge in [-0.3, -0.25) is 0 Å². The van der Waals surface area contributed by atoms with Gasteiger partial charge in [0.1, 0.15) is 5.82 Å². The van der Waals surface area contributed by atoms with Crippen LogP contribution in [0.3, 0.4) is 0 Å². The van der Waals surface area contributed by atoms with Crippen LogP contribution in [0.25, 0.3) is 0 Å². The highest BCUT2D eigenvalue weighted by atomic mass is 15.1. The van der Waals surface area contributed by atoms with Crippen LogP contribution in [0, 0.1) is 0 Å². The summed E-state index contributed by atoms with van der Waals surface area (Å²) in [6.45, 7) is 2.72. The van der Waals surface area contributed by atoms with Gasteiger partial charge < -0.3 is 10.3 Å². The second-order valence-corrected chi connectivity index (χ2v) is 3.07. The van der Waals surface area contributed by atoms with Crippen molar-refractivity contribution in [2.24, 2.45) is 12.8 Å². The first-order valence-corrected chi connectivity index (χ1v) is 4.49. The summed E-state index contributed by atoms with van der Waals surface area (Å²) in [6, 6.07) is 0. The summed E-state index contributed by atoms with van der Waals surface area (Å²) in [5.74, 6) is 0.973. The second kappa shape index (κ2) is 4.26. The van der Waals surface area contributed by atoms with Crippen molar-refractivity contribution >= 4 is 0 Å². The van der Waals surface area contributed by atoms with Crippen molar-refractivity contribution < 1.29 is 0 Å². The standard InChI is InChI=1S/C9H17N3/c1-3-4-5-8-7-12(2)9(6-10)11-8/h7H,3-6,10H2,1-2H3. The molecule has 0 aliphatic rings. The van der Waals surface area contributed by atoms with Gasteiger partial charge in [-0.2, -0.15) is 0 Å². The fourth-order valence-electron chi connectivity index (χ4n) is 1.24. The smallest absolute Gasteiger partial charge is 0.122 e. The molecule has 0 saturated heterocycles. The van der Waals surface area contributed by atoms with Gasteiger partial charge in [-0.1, -0.05) is 13.3 Å². The van der Waals surface area contributed by atoms with Crippen LogP contribution < -0.4 is 5.73 Å². The van der Waals surface area contributed by atoms with Crippen molar-refractivity contribution in [2.45, 2.75) is 32.7 Å². The van der Waals surface area contributed by atoms with Crippen LogP contribution in [0.4, 0.5) is 0 Å². The van der Waals surface area contributed by atoms with E-state index < -0.39 is 0 Å². The SMILES string of the molecule is CCCCc1cn(C)c(CN)n1. The van der Waals surface area contributed by atoms with E-state index in [0.717, 1.165) is 12.2 Å². The van der Waals surface area contributed by atoms with Gasteiger partial charge in [-0.15, -0.1) is 0 Å². The Kier molecular flexibility index (Phi) is 3.29. The number of rotatable bonds is 4. The molecule has 1 aromatic heterocycles. The maximum Gasteiger partial charge on any atom is 0.122 e. The van der Waals surface area contributed by atoms with Crippen molar-refractivity contribution in [3.05, 3.63) is 17.7 Å². The predicted molar refractivity (Wildman–Crippen MR) is 49.7 cm³/mol. The molecule has 1 rings (SSSR count). The largest absolute Gasteiger partial charge is 0.337 e. The van der Waals surface area contributed by atoms with Crippen molar-refractivity contribution in [1.29, 1.82) is 0 Å². The van der Waals surface area contributed by atoms with Crippen LogP contribution in [0.2, 0.25) is 0 Å². The number of nitrogens with two attached hydrogens (primary N) is 1. The summed E-state index contributed by atoms with van der Waals surface area (Å²) in [4.78, 5) is 4.40. The summed E-state index contributed by atoms with van der Waals surface area (Å²) >= 11 is 0. The summed E-state index contributed by atoms with van der Waals surface area (Å²) in [6.07, 6.45) is 5.57. The molecular formula is C9H17N3. The Bertz CT molecular complexity index is 240. The molecule has 0 aromatic carbocycles. The molecule has 1 aromatic rings. The first-order chi connectivity index (χ1) is 5.77. The monoisotopic (exact) mass is 167 g/mol. The van der Waals surface area contributed by atoms with Gasteiger partial charge in [0.05, 0.1) is 12.2 Å². The van der Waals surface area contributed by atoms with E-state index in [9.17, 15) is 0 Å². The Hall–Kier alpha value is -0.830. The average Bonchev–Trinajstić information content (AvgIpc) is 2.43. The quantitative estimate of drug-likeness (QED) is 0.732. The third-order valence-corrected chi connectivity index (χ3v) is 1.99. The minimum absolute atomic E-state index is 0.530. The van der Waals surface area contributed by atoms with Crippen LogP contribution >= 0.6 is 0 Å². The molecule has 0 atom stereocenters. The summed E-state index contributed by atoms with van der Waals surface area (Å²) in [5.41, 5.74) is 6.68. The highest BCUT2D eigenvalue weighted by Gasteiger charge is 2.01. The van der Waals surface area contributed by atoms with E-state index >= 15 is 0 Å². The lowest BCUT2D eigenvalue weighted by Crippen LogP contribution is -2.03. The van der Waals surface area contributed by atoms with Gasteiger partial charge in [-0.05, 0) is 12.8 Å². The Morgan fingerprint density at radius 2 is 2.33 bits per heavy atom. The van der Waals surface area contributed by atoms with E-state index in [0.29, 0.717) is 6.54 Å². The normalized spacial score (nSPS) is 10.6. The van der Waals surface area contributed by atoms with Gasteiger partial charge in [0, 0.05) is 13.2 Å². The molecule has 0 aliphatic heterocycles. The number of hydrogen-bond donors (Lipinski definition) is 1. The average molecular weight is 167 g/mol. The number of nitrogens with zero attached hydrogens (tertiary/aromatic N) is 2. The number of aryl methyl sites for hydroxylation is 2. The first-order valence-electron chi connectivity index (χ1n) is 4.49. The second-order valence-electron chi connectivity index (χ2n) is 3.07. The van der Waals surface area contributed by atoms with Crippen LogP contribution in [0.1, 0.15) is 31.3 Å². The zero-order valence-corrected chi connectivity index (χ0v) is 7.88. The molecule has 12 heavy (non-hydrogen) atoms. The number of imidazole rings is 1. The molecular weight excluding hydrogens is 150 g/mol. The summed E-state index contributed by atoms with van der Waals surface area (Å²) in [5, 5.41) is 0. The van der Waals surface area contributed by atoms with Crippen molar-refractivity contribution in [3.63, 3.8) is 0 Å². The molecule has 0 bridgehead atoms. The molecule has 0 spiro atoms.